The van der Waals surface area contributed by atoms with Gasteiger partial charge in [-0.05, 0) is 36.6 Å². The van der Waals surface area contributed by atoms with Crippen molar-refractivity contribution in [3.8, 4) is 17.1 Å². The van der Waals surface area contributed by atoms with Crippen LogP contribution < -0.4 is 10.5 Å². The molecule has 1 aromatic carbocycles. The van der Waals surface area contributed by atoms with E-state index in [0.29, 0.717) is 5.82 Å². The Bertz CT molecular complexity index is 572. The Hall–Kier alpha value is -2.01. The molecule has 106 valence electrons. The van der Waals surface area contributed by atoms with Crippen molar-refractivity contribution < 1.29 is 9.13 Å². The predicted molar refractivity (Wildman–Crippen MR) is 75.9 cm³/mol. The molecule has 1 unspecified atom stereocenters. The van der Waals surface area contributed by atoms with E-state index < -0.39 is 5.82 Å². The van der Waals surface area contributed by atoms with Gasteiger partial charge in [-0.1, -0.05) is 6.92 Å². The van der Waals surface area contributed by atoms with Crippen molar-refractivity contribution in [2.45, 2.75) is 25.8 Å². The minimum absolute atomic E-state index is 0.121. The summed E-state index contributed by atoms with van der Waals surface area (Å²) in [5, 5.41) is 0. The van der Waals surface area contributed by atoms with E-state index in [9.17, 15) is 4.39 Å². The van der Waals surface area contributed by atoms with Crippen molar-refractivity contribution in [1.29, 1.82) is 0 Å². The molecule has 1 atom stereocenters. The lowest BCUT2D eigenvalue weighted by Gasteiger charge is -2.08. The summed E-state index contributed by atoms with van der Waals surface area (Å²) in [5.41, 5.74) is 7.61. The molecule has 0 radical (unpaired) electrons. The third-order valence-electron chi connectivity index (χ3n) is 3.14. The van der Waals surface area contributed by atoms with E-state index in [1.54, 1.807) is 24.5 Å². The third-order valence-corrected chi connectivity index (χ3v) is 3.14. The van der Waals surface area contributed by atoms with E-state index in [1.807, 2.05) is 6.92 Å². The zero-order valence-corrected chi connectivity index (χ0v) is 11.6. The fraction of sp³-hybridized carbons (Fsp3) is 0.333. The molecule has 0 saturated carbocycles. The lowest BCUT2D eigenvalue weighted by atomic mass is 10.1. The zero-order valence-electron chi connectivity index (χ0n) is 11.6. The van der Waals surface area contributed by atoms with Crippen LogP contribution in [-0.4, -0.2) is 23.1 Å². The SMILES string of the molecule is CCC(N)Cc1cnc(-c2ccc(F)c(OC)c2)nc1. The van der Waals surface area contributed by atoms with E-state index in [1.165, 1.54) is 13.2 Å². The maximum Gasteiger partial charge on any atom is 0.165 e. The highest BCUT2D eigenvalue weighted by Gasteiger charge is 2.08. The number of nitrogens with two attached hydrogens (primary N) is 1. The largest absolute Gasteiger partial charge is 0.494 e. The Morgan fingerprint density at radius 1 is 1.30 bits per heavy atom. The molecule has 2 aromatic rings. The van der Waals surface area contributed by atoms with Gasteiger partial charge < -0.3 is 10.5 Å². The summed E-state index contributed by atoms with van der Waals surface area (Å²) in [4.78, 5) is 8.59. The monoisotopic (exact) mass is 275 g/mol. The molecule has 2 N–H and O–H groups in total. The summed E-state index contributed by atoms with van der Waals surface area (Å²) in [6.45, 7) is 2.05. The quantitative estimate of drug-likeness (QED) is 0.911. The zero-order chi connectivity index (χ0) is 14.5. The summed E-state index contributed by atoms with van der Waals surface area (Å²) in [5.74, 6) is 0.321. The molecule has 5 heteroatoms. The summed E-state index contributed by atoms with van der Waals surface area (Å²) in [6.07, 6.45) is 5.18. The predicted octanol–water partition coefficient (Wildman–Crippen LogP) is 2.57. The average Bonchev–Trinajstić information content (AvgIpc) is 2.48. The van der Waals surface area contributed by atoms with Crippen LogP contribution in [0.1, 0.15) is 18.9 Å². The average molecular weight is 275 g/mol. The molecule has 1 aromatic heterocycles. The second kappa shape index (κ2) is 6.43. The number of nitrogens with zero attached hydrogens (tertiary/aromatic N) is 2. The van der Waals surface area contributed by atoms with Crippen LogP contribution in [0.4, 0.5) is 4.39 Å². The Balaban J connectivity index is 2.21. The highest BCUT2D eigenvalue weighted by Crippen LogP contribution is 2.23. The van der Waals surface area contributed by atoms with Crippen molar-refractivity contribution in [2.75, 3.05) is 7.11 Å². The second-order valence-electron chi connectivity index (χ2n) is 4.64. The summed E-state index contributed by atoms with van der Waals surface area (Å²) in [6, 6.07) is 4.68. The molecule has 1 heterocycles. The number of halogens is 1. The molecule has 0 saturated heterocycles. The van der Waals surface area contributed by atoms with Crippen LogP contribution in [0.15, 0.2) is 30.6 Å². The van der Waals surface area contributed by atoms with E-state index in [0.717, 1.165) is 24.0 Å². The molecule has 2 rings (SSSR count). The van der Waals surface area contributed by atoms with Crippen LogP contribution in [0.25, 0.3) is 11.4 Å². The fourth-order valence-electron chi connectivity index (χ4n) is 1.86. The molecule has 0 spiro atoms. The van der Waals surface area contributed by atoms with Crippen molar-refractivity contribution in [2.24, 2.45) is 5.73 Å². The number of ether oxygens (including phenoxy) is 1. The maximum atomic E-state index is 13.4. The van der Waals surface area contributed by atoms with Gasteiger partial charge >= 0.3 is 0 Å². The van der Waals surface area contributed by atoms with Crippen molar-refractivity contribution in [3.05, 3.63) is 42.0 Å². The van der Waals surface area contributed by atoms with Crippen LogP contribution in [-0.2, 0) is 6.42 Å². The van der Waals surface area contributed by atoms with Crippen LogP contribution in [0.5, 0.6) is 5.75 Å². The van der Waals surface area contributed by atoms with E-state index in [4.69, 9.17) is 10.5 Å². The molecule has 0 aliphatic rings. The molecule has 0 aliphatic carbocycles. The first-order valence-electron chi connectivity index (χ1n) is 6.54. The molecule has 20 heavy (non-hydrogen) atoms. The lowest BCUT2D eigenvalue weighted by Crippen LogP contribution is -2.21. The van der Waals surface area contributed by atoms with E-state index in [-0.39, 0.29) is 11.8 Å². The molecule has 0 aliphatic heterocycles. The minimum atomic E-state index is -0.401. The Kier molecular flexibility index (Phi) is 4.63. The number of hydrogen-bond donors (Lipinski definition) is 1. The van der Waals surface area contributed by atoms with Crippen molar-refractivity contribution >= 4 is 0 Å². The Morgan fingerprint density at radius 2 is 2.00 bits per heavy atom. The normalized spacial score (nSPS) is 12.2. The topological polar surface area (TPSA) is 61.0 Å². The van der Waals surface area contributed by atoms with Gasteiger partial charge in [0, 0.05) is 24.0 Å². The van der Waals surface area contributed by atoms with Crippen molar-refractivity contribution in [1.82, 2.24) is 9.97 Å². The molecule has 4 nitrogen and oxygen atoms in total. The maximum absolute atomic E-state index is 13.4. The van der Waals surface area contributed by atoms with Crippen LogP contribution >= 0.6 is 0 Å². The molecule has 0 amide bonds. The number of hydrogen-bond acceptors (Lipinski definition) is 4. The number of aromatic nitrogens is 2. The number of benzene rings is 1. The van der Waals surface area contributed by atoms with Crippen LogP contribution in [0, 0.1) is 5.82 Å². The lowest BCUT2D eigenvalue weighted by molar-refractivity contribution is 0.387. The van der Waals surface area contributed by atoms with Gasteiger partial charge in [0.05, 0.1) is 7.11 Å². The van der Waals surface area contributed by atoms with Gasteiger partial charge in [0.25, 0.3) is 0 Å². The second-order valence-corrected chi connectivity index (χ2v) is 4.64. The first-order valence-corrected chi connectivity index (χ1v) is 6.54. The van der Waals surface area contributed by atoms with Gasteiger partial charge in [-0.25, -0.2) is 14.4 Å². The Morgan fingerprint density at radius 3 is 2.60 bits per heavy atom. The Labute approximate surface area is 117 Å². The third kappa shape index (κ3) is 3.30. The highest BCUT2D eigenvalue weighted by molar-refractivity contribution is 5.57. The van der Waals surface area contributed by atoms with Crippen LogP contribution in [0.2, 0.25) is 0 Å². The van der Waals surface area contributed by atoms with Crippen LogP contribution in [0.3, 0.4) is 0 Å². The van der Waals surface area contributed by atoms with Gasteiger partial charge in [-0.2, -0.15) is 0 Å². The summed E-state index contributed by atoms with van der Waals surface area (Å²) >= 11 is 0. The van der Waals surface area contributed by atoms with Gasteiger partial charge in [0.1, 0.15) is 0 Å². The first kappa shape index (κ1) is 14.4. The molecular weight excluding hydrogens is 257 g/mol. The van der Waals surface area contributed by atoms with E-state index >= 15 is 0 Å². The van der Waals surface area contributed by atoms with Crippen molar-refractivity contribution in [3.63, 3.8) is 0 Å². The smallest absolute Gasteiger partial charge is 0.165 e. The molecule has 0 bridgehead atoms. The van der Waals surface area contributed by atoms with Gasteiger partial charge in [-0.15, -0.1) is 0 Å². The first-order chi connectivity index (χ1) is 9.63. The van der Waals surface area contributed by atoms with E-state index in [2.05, 4.69) is 9.97 Å². The standard InChI is InChI=1S/C15H18FN3O/c1-3-12(17)6-10-8-18-15(19-9-10)11-4-5-13(16)14(7-11)20-2/h4-5,7-9,12H,3,6,17H2,1-2H3. The number of methoxy groups -OCH3 is 1. The van der Waals surface area contributed by atoms with Gasteiger partial charge in [0.15, 0.2) is 17.4 Å². The number of rotatable bonds is 5. The van der Waals surface area contributed by atoms with Gasteiger partial charge in [0.2, 0.25) is 0 Å². The van der Waals surface area contributed by atoms with Gasteiger partial charge in [-0.3, -0.25) is 0 Å². The molecular formula is C15H18FN3O. The highest BCUT2D eigenvalue weighted by atomic mass is 19.1. The minimum Gasteiger partial charge on any atom is -0.494 e. The fourth-order valence-corrected chi connectivity index (χ4v) is 1.86. The molecule has 0 fully saturated rings. The summed E-state index contributed by atoms with van der Waals surface area (Å²) < 4.78 is 18.3. The summed E-state index contributed by atoms with van der Waals surface area (Å²) in [7, 11) is 1.43.